The van der Waals surface area contributed by atoms with E-state index in [0.29, 0.717) is 11.4 Å². The summed E-state index contributed by atoms with van der Waals surface area (Å²) in [6.07, 6.45) is -0.187. The van der Waals surface area contributed by atoms with Crippen molar-refractivity contribution in [1.29, 1.82) is 0 Å². The van der Waals surface area contributed by atoms with Gasteiger partial charge in [-0.3, -0.25) is 25.0 Å². The maximum atomic E-state index is 12.3. The summed E-state index contributed by atoms with van der Waals surface area (Å²) >= 11 is 0. The lowest BCUT2D eigenvalue weighted by molar-refractivity contribution is -0.385. The molecular formula is C16H12N4O6. The highest BCUT2D eigenvalue weighted by Gasteiger charge is 2.23. The van der Waals surface area contributed by atoms with Gasteiger partial charge < -0.3 is 15.7 Å². The first-order valence-corrected chi connectivity index (χ1v) is 7.35. The number of anilines is 2. The van der Waals surface area contributed by atoms with Crippen LogP contribution < -0.4 is 10.6 Å². The number of nitro groups is 2. The fraction of sp³-hybridized carbons (Fsp3) is 0.0625. The highest BCUT2D eigenvalue weighted by molar-refractivity contribution is 6.05. The minimum atomic E-state index is -1.30. The second-order valence-corrected chi connectivity index (χ2v) is 5.43. The molecule has 26 heavy (non-hydrogen) atoms. The van der Waals surface area contributed by atoms with E-state index in [1.54, 1.807) is 0 Å². The van der Waals surface area contributed by atoms with E-state index in [4.69, 9.17) is 0 Å². The Morgan fingerprint density at radius 2 is 1.73 bits per heavy atom. The molecule has 2 aromatic rings. The molecule has 10 nitrogen and oxygen atoms in total. The van der Waals surface area contributed by atoms with E-state index in [0.717, 1.165) is 12.1 Å². The summed E-state index contributed by atoms with van der Waals surface area (Å²) in [4.78, 5) is 32.7. The maximum absolute atomic E-state index is 12.3. The fourth-order valence-corrected chi connectivity index (χ4v) is 2.44. The van der Waals surface area contributed by atoms with Crippen molar-refractivity contribution >= 4 is 28.5 Å². The molecule has 1 heterocycles. The number of aliphatic hydroxyl groups is 1. The van der Waals surface area contributed by atoms with Gasteiger partial charge in [0.25, 0.3) is 11.4 Å². The lowest BCUT2D eigenvalue weighted by Gasteiger charge is -2.27. The van der Waals surface area contributed by atoms with E-state index in [1.165, 1.54) is 36.4 Å². The third-order valence-corrected chi connectivity index (χ3v) is 3.71. The van der Waals surface area contributed by atoms with Crippen LogP contribution in [0.25, 0.3) is 0 Å². The molecular weight excluding hydrogens is 344 g/mol. The van der Waals surface area contributed by atoms with Crippen molar-refractivity contribution in [3.05, 3.63) is 80.0 Å². The number of aliphatic hydroxyl groups excluding tert-OH is 1. The van der Waals surface area contributed by atoms with E-state index >= 15 is 0 Å². The summed E-state index contributed by atoms with van der Waals surface area (Å²) in [5.41, 5.74) is 0.594. The van der Waals surface area contributed by atoms with Crippen molar-refractivity contribution in [2.24, 2.45) is 0 Å². The van der Waals surface area contributed by atoms with E-state index in [-0.39, 0.29) is 22.6 Å². The number of fused-ring (bicyclic) bond motifs is 1. The molecule has 1 aliphatic rings. The van der Waals surface area contributed by atoms with E-state index in [9.17, 15) is 30.1 Å². The number of nitrogens with zero attached hydrogens (tertiary/aromatic N) is 2. The van der Waals surface area contributed by atoms with Crippen LogP contribution in [0.3, 0.4) is 0 Å². The number of nitrogens with one attached hydrogen (secondary N) is 2. The number of hydrogen-bond donors (Lipinski definition) is 3. The predicted octanol–water partition coefficient (Wildman–Crippen LogP) is 2.43. The molecule has 3 N–H and O–H groups in total. The van der Waals surface area contributed by atoms with Gasteiger partial charge in [0.05, 0.1) is 26.9 Å². The van der Waals surface area contributed by atoms with Gasteiger partial charge in [-0.1, -0.05) is 12.1 Å². The topological polar surface area (TPSA) is 148 Å². The summed E-state index contributed by atoms with van der Waals surface area (Å²) in [6.45, 7) is 0. The molecule has 0 saturated carbocycles. The molecule has 132 valence electrons. The van der Waals surface area contributed by atoms with E-state index in [1.807, 2.05) is 0 Å². The number of rotatable bonds is 4. The van der Waals surface area contributed by atoms with Crippen LogP contribution in [-0.2, 0) is 0 Å². The maximum Gasteiger partial charge on any atom is 0.271 e. The number of hydrogen-bond acceptors (Lipinski definition) is 8. The minimum Gasteiger partial charge on any atom is -0.368 e. The summed E-state index contributed by atoms with van der Waals surface area (Å²) in [7, 11) is 0. The second kappa shape index (κ2) is 6.61. The van der Waals surface area contributed by atoms with Crippen LogP contribution in [0.5, 0.6) is 0 Å². The molecule has 1 atom stereocenters. The Bertz CT molecular complexity index is 956. The number of carbonyl (C=O) groups is 1. The SMILES string of the molecule is O=C(/C=C1\Nc2ccc([N+](=O)[O-])cc2NC1O)c1cccc([N+](=O)[O-])c1. The molecule has 0 aliphatic carbocycles. The van der Waals surface area contributed by atoms with Crippen LogP contribution in [-0.4, -0.2) is 27.0 Å². The van der Waals surface area contributed by atoms with Crippen molar-refractivity contribution in [3.63, 3.8) is 0 Å². The van der Waals surface area contributed by atoms with Crippen LogP contribution in [0.1, 0.15) is 10.4 Å². The molecule has 0 radical (unpaired) electrons. The van der Waals surface area contributed by atoms with Crippen LogP contribution in [0.15, 0.2) is 54.2 Å². The van der Waals surface area contributed by atoms with Gasteiger partial charge >= 0.3 is 0 Å². The van der Waals surface area contributed by atoms with Gasteiger partial charge in [-0.25, -0.2) is 0 Å². The van der Waals surface area contributed by atoms with Crippen LogP contribution >= 0.6 is 0 Å². The zero-order valence-corrected chi connectivity index (χ0v) is 13.1. The number of allylic oxidation sites excluding steroid dienone is 1. The Labute approximate surface area is 146 Å². The predicted molar refractivity (Wildman–Crippen MR) is 91.9 cm³/mol. The molecule has 0 bridgehead atoms. The quantitative estimate of drug-likeness (QED) is 0.327. The standard InChI is InChI=1S/C16H12N4O6/c21-15(9-2-1-3-10(6-9)19(23)24)8-14-16(22)18-13-7-11(20(25)26)4-5-12(13)17-14/h1-8,16-18,22H/b14-8-. The number of non-ortho nitro benzene ring substituents is 2. The Morgan fingerprint density at radius 1 is 1.04 bits per heavy atom. The fourth-order valence-electron chi connectivity index (χ4n) is 2.44. The van der Waals surface area contributed by atoms with E-state index < -0.39 is 21.9 Å². The molecule has 0 saturated heterocycles. The highest BCUT2D eigenvalue weighted by Crippen LogP contribution is 2.32. The molecule has 0 aromatic heterocycles. The largest absolute Gasteiger partial charge is 0.368 e. The lowest BCUT2D eigenvalue weighted by Crippen LogP contribution is -2.31. The Kier molecular flexibility index (Phi) is 4.33. The van der Waals surface area contributed by atoms with Crippen molar-refractivity contribution in [3.8, 4) is 0 Å². The molecule has 1 unspecified atom stereocenters. The van der Waals surface area contributed by atoms with Gasteiger partial charge in [0.2, 0.25) is 0 Å². The van der Waals surface area contributed by atoms with E-state index in [2.05, 4.69) is 10.6 Å². The summed E-state index contributed by atoms with van der Waals surface area (Å²) < 4.78 is 0. The first kappa shape index (κ1) is 17.0. The molecule has 3 rings (SSSR count). The molecule has 0 spiro atoms. The lowest BCUT2D eigenvalue weighted by atomic mass is 10.1. The monoisotopic (exact) mass is 356 g/mol. The molecule has 0 amide bonds. The van der Waals surface area contributed by atoms with Crippen LogP contribution in [0.2, 0.25) is 0 Å². The van der Waals surface area contributed by atoms with Crippen LogP contribution in [0, 0.1) is 20.2 Å². The second-order valence-electron chi connectivity index (χ2n) is 5.43. The van der Waals surface area contributed by atoms with Gasteiger partial charge in [-0.2, -0.15) is 0 Å². The van der Waals surface area contributed by atoms with Gasteiger partial charge in [-0.05, 0) is 6.07 Å². The first-order chi connectivity index (χ1) is 12.3. The number of nitro benzene ring substituents is 2. The molecule has 2 aromatic carbocycles. The Hall–Kier alpha value is -3.79. The third-order valence-electron chi connectivity index (χ3n) is 3.71. The molecule has 1 aliphatic heterocycles. The number of carbonyl (C=O) groups excluding carboxylic acids is 1. The summed E-state index contributed by atoms with van der Waals surface area (Å²) in [6, 6.07) is 9.20. The Morgan fingerprint density at radius 3 is 2.42 bits per heavy atom. The normalized spacial score (nSPS) is 17.0. The third kappa shape index (κ3) is 3.35. The van der Waals surface area contributed by atoms with Crippen molar-refractivity contribution in [1.82, 2.24) is 0 Å². The summed E-state index contributed by atoms with van der Waals surface area (Å²) in [5.74, 6) is -0.539. The van der Waals surface area contributed by atoms with Gasteiger partial charge in [0.15, 0.2) is 12.0 Å². The number of ketones is 1. The van der Waals surface area contributed by atoms with Gasteiger partial charge in [0.1, 0.15) is 0 Å². The van der Waals surface area contributed by atoms with Crippen molar-refractivity contribution < 1.29 is 19.7 Å². The average molecular weight is 356 g/mol. The molecule has 0 fully saturated rings. The number of benzene rings is 2. The average Bonchev–Trinajstić information content (AvgIpc) is 2.61. The molecule has 10 heteroatoms. The van der Waals surface area contributed by atoms with Gasteiger partial charge in [0, 0.05) is 35.9 Å². The van der Waals surface area contributed by atoms with Crippen molar-refractivity contribution in [2.75, 3.05) is 10.6 Å². The minimum absolute atomic E-state index is 0.0928. The van der Waals surface area contributed by atoms with Gasteiger partial charge in [-0.15, -0.1) is 0 Å². The Balaban J connectivity index is 1.87. The van der Waals surface area contributed by atoms with Crippen molar-refractivity contribution in [2.45, 2.75) is 6.23 Å². The zero-order valence-electron chi connectivity index (χ0n) is 13.1. The summed E-state index contributed by atoms with van der Waals surface area (Å²) in [5, 5.41) is 37.2. The highest BCUT2D eigenvalue weighted by atomic mass is 16.6. The zero-order chi connectivity index (χ0) is 18.8. The first-order valence-electron chi connectivity index (χ1n) is 7.35. The van der Waals surface area contributed by atoms with Crippen LogP contribution in [0.4, 0.5) is 22.7 Å². The smallest absolute Gasteiger partial charge is 0.271 e.